The summed E-state index contributed by atoms with van der Waals surface area (Å²) in [6.07, 6.45) is 5.50. The highest BCUT2D eigenvalue weighted by molar-refractivity contribution is 5.66. The van der Waals surface area contributed by atoms with Crippen LogP contribution in [0.25, 0.3) is 0 Å². The molecule has 0 unspecified atom stereocenters. The molecule has 1 aliphatic rings. The third-order valence-corrected chi connectivity index (χ3v) is 3.74. The molecule has 4 heteroatoms. The number of benzene rings is 1. The molecule has 1 saturated heterocycles. The van der Waals surface area contributed by atoms with Gasteiger partial charge in [0.2, 0.25) is 0 Å². The summed E-state index contributed by atoms with van der Waals surface area (Å²) in [7, 11) is 0. The van der Waals surface area contributed by atoms with E-state index in [1.54, 1.807) is 0 Å². The highest BCUT2D eigenvalue weighted by Gasteiger charge is 2.36. The summed E-state index contributed by atoms with van der Waals surface area (Å²) in [5.41, 5.74) is 1.16. The summed E-state index contributed by atoms with van der Waals surface area (Å²) in [5, 5.41) is 8.64. The lowest BCUT2D eigenvalue weighted by molar-refractivity contribution is -0.295. The van der Waals surface area contributed by atoms with Gasteiger partial charge in [-0.1, -0.05) is 42.5 Å². The van der Waals surface area contributed by atoms with Crippen molar-refractivity contribution in [1.29, 1.82) is 0 Å². The lowest BCUT2D eigenvalue weighted by Crippen LogP contribution is -2.41. The Morgan fingerprint density at radius 1 is 1.32 bits per heavy atom. The molecule has 2 atom stereocenters. The van der Waals surface area contributed by atoms with Crippen LogP contribution in [0.1, 0.15) is 44.8 Å². The average Bonchev–Trinajstić information content (AvgIpc) is 2.48. The van der Waals surface area contributed by atoms with Gasteiger partial charge in [-0.2, -0.15) is 0 Å². The van der Waals surface area contributed by atoms with Gasteiger partial charge in [-0.25, -0.2) is 0 Å². The molecule has 2 rings (SSSR count). The molecular formula is C18H24O4. The first-order valence-corrected chi connectivity index (χ1v) is 7.71. The number of allylic oxidation sites excluding steroid dienone is 2. The fourth-order valence-corrected chi connectivity index (χ4v) is 2.60. The van der Waals surface area contributed by atoms with E-state index in [0.29, 0.717) is 13.0 Å². The van der Waals surface area contributed by atoms with Gasteiger partial charge < -0.3 is 14.6 Å². The molecule has 0 bridgehead atoms. The van der Waals surface area contributed by atoms with E-state index in [-0.39, 0.29) is 18.4 Å². The van der Waals surface area contributed by atoms with E-state index in [9.17, 15) is 4.79 Å². The van der Waals surface area contributed by atoms with E-state index in [2.05, 4.69) is 12.1 Å². The molecule has 1 N–H and O–H groups in total. The SMILES string of the molecule is CC1(C)OC[C@@H](CC=CCCC(=O)O)[C@@H](c2ccccc2)O1. The van der Waals surface area contributed by atoms with E-state index < -0.39 is 11.8 Å². The molecule has 0 saturated carbocycles. The second kappa shape index (κ2) is 7.56. The van der Waals surface area contributed by atoms with Crippen LogP contribution in [0.2, 0.25) is 0 Å². The summed E-state index contributed by atoms with van der Waals surface area (Å²) >= 11 is 0. The minimum Gasteiger partial charge on any atom is -0.481 e. The van der Waals surface area contributed by atoms with Crippen molar-refractivity contribution in [2.24, 2.45) is 5.92 Å². The molecule has 1 aliphatic heterocycles. The zero-order valence-electron chi connectivity index (χ0n) is 13.2. The Hall–Kier alpha value is -1.65. The van der Waals surface area contributed by atoms with Gasteiger partial charge in [0.15, 0.2) is 5.79 Å². The van der Waals surface area contributed by atoms with Crippen LogP contribution in [0, 0.1) is 5.92 Å². The lowest BCUT2D eigenvalue weighted by atomic mass is 9.91. The van der Waals surface area contributed by atoms with Crippen LogP contribution in [0.5, 0.6) is 0 Å². The number of carboxylic acids is 1. The lowest BCUT2D eigenvalue weighted by Gasteiger charge is -2.41. The summed E-state index contributed by atoms with van der Waals surface area (Å²) in [4.78, 5) is 10.5. The summed E-state index contributed by atoms with van der Waals surface area (Å²) in [6.45, 7) is 4.50. The van der Waals surface area contributed by atoms with Crippen molar-refractivity contribution >= 4 is 5.97 Å². The zero-order valence-corrected chi connectivity index (χ0v) is 13.2. The molecule has 0 radical (unpaired) electrons. The van der Waals surface area contributed by atoms with Crippen LogP contribution in [-0.4, -0.2) is 23.5 Å². The maximum Gasteiger partial charge on any atom is 0.303 e. The Kier molecular flexibility index (Phi) is 5.75. The Bertz CT molecular complexity index is 507. The first-order valence-electron chi connectivity index (χ1n) is 7.71. The van der Waals surface area contributed by atoms with E-state index in [1.165, 1.54) is 0 Å². The first kappa shape index (κ1) is 16.7. The van der Waals surface area contributed by atoms with Gasteiger partial charge in [-0.3, -0.25) is 4.79 Å². The van der Waals surface area contributed by atoms with Crippen molar-refractivity contribution in [2.45, 2.75) is 45.0 Å². The number of carbonyl (C=O) groups is 1. The number of ether oxygens (including phenoxy) is 2. The third kappa shape index (κ3) is 4.97. The van der Waals surface area contributed by atoms with Crippen molar-refractivity contribution in [1.82, 2.24) is 0 Å². The van der Waals surface area contributed by atoms with Crippen molar-refractivity contribution in [3.63, 3.8) is 0 Å². The van der Waals surface area contributed by atoms with Gasteiger partial charge in [0.1, 0.15) is 0 Å². The molecule has 0 amide bonds. The Balaban J connectivity index is 2.00. The van der Waals surface area contributed by atoms with Gasteiger partial charge in [0.25, 0.3) is 0 Å². The fraction of sp³-hybridized carbons (Fsp3) is 0.500. The van der Waals surface area contributed by atoms with Gasteiger partial charge in [0, 0.05) is 12.3 Å². The minimum absolute atomic E-state index is 0.00549. The molecule has 4 nitrogen and oxygen atoms in total. The highest BCUT2D eigenvalue weighted by Crippen LogP contribution is 2.38. The topological polar surface area (TPSA) is 55.8 Å². The number of carboxylic acid groups (broad SMARTS) is 1. The van der Waals surface area contributed by atoms with Crippen LogP contribution in [0.4, 0.5) is 0 Å². The second-order valence-electron chi connectivity index (χ2n) is 6.06. The van der Waals surface area contributed by atoms with Crippen LogP contribution < -0.4 is 0 Å². The number of hydrogen-bond donors (Lipinski definition) is 1. The highest BCUT2D eigenvalue weighted by atomic mass is 16.7. The zero-order chi connectivity index (χ0) is 16.0. The average molecular weight is 304 g/mol. The normalized spacial score (nSPS) is 24.5. The van der Waals surface area contributed by atoms with Crippen LogP contribution >= 0.6 is 0 Å². The number of rotatable bonds is 6. The van der Waals surface area contributed by atoms with Crippen LogP contribution in [0.15, 0.2) is 42.5 Å². The van der Waals surface area contributed by atoms with E-state index in [4.69, 9.17) is 14.6 Å². The summed E-state index contributed by atoms with van der Waals surface area (Å²) in [5.74, 6) is -1.11. The molecular weight excluding hydrogens is 280 g/mol. The van der Waals surface area contributed by atoms with E-state index in [1.807, 2.05) is 44.2 Å². The van der Waals surface area contributed by atoms with Gasteiger partial charge in [-0.05, 0) is 32.3 Å². The molecule has 0 aromatic heterocycles. The van der Waals surface area contributed by atoms with Crippen LogP contribution in [-0.2, 0) is 14.3 Å². The summed E-state index contributed by atoms with van der Waals surface area (Å²) in [6, 6.07) is 10.2. The largest absolute Gasteiger partial charge is 0.481 e. The second-order valence-corrected chi connectivity index (χ2v) is 6.06. The molecule has 1 aromatic carbocycles. The predicted molar refractivity (Wildman–Crippen MR) is 84.4 cm³/mol. The van der Waals surface area contributed by atoms with Crippen molar-refractivity contribution in [3.8, 4) is 0 Å². The molecule has 0 aliphatic carbocycles. The third-order valence-electron chi connectivity index (χ3n) is 3.74. The maximum atomic E-state index is 10.5. The molecule has 1 aromatic rings. The van der Waals surface area contributed by atoms with E-state index >= 15 is 0 Å². The van der Waals surface area contributed by atoms with Crippen LogP contribution in [0.3, 0.4) is 0 Å². The maximum absolute atomic E-state index is 10.5. The monoisotopic (exact) mass is 304 g/mol. The molecule has 1 fully saturated rings. The van der Waals surface area contributed by atoms with E-state index in [0.717, 1.165) is 12.0 Å². The van der Waals surface area contributed by atoms with Gasteiger partial charge in [0.05, 0.1) is 12.7 Å². The molecule has 120 valence electrons. The molecule has 0 spiro atoms. The quantitative estimate of drug-likeness (QED) is 0.809. The van der Waals surface area contributed by atoms with Crippen molar-refractivity contribution < 1.29 is 19.4 Å². The minimum atomic E-state index is -0.766. The Morgan fingerprint density at radius 2 is 2.05 bits per heavy atom. The van der Waals surface area contributed by atoms with Crippen molar-refractivity contribution in [2.75, 3.05) is 6.61 Å². The number of hydrogen-bond acceptors (Lipinski definition) is 3. The van der Waals surface area contributed by atoms with Gasteiger partial charge >= 0.3 is 5.97 Å². The fourth-order valence-electron chi connectivity index (χ4n) is 2.60. The smallest absolute Gasteiger partial charge is 0.303 e. The Morgan fingerprint density at radius 3 is 2.73 bits per heavy atom. The Labute approximate surface area is 131 Å². The standard InChI is InChI=1S/C18H24O4/c1-18(2)21-13-15(11-7-4-8-12-16(19)20)17(22-18)14-9-5-3-6-10-14/h3-7,9-10,15,17H,8,11-13H2,1-2H3,(H,19,20)/t15-,17-/m1/s1. The first-order chi connectivity index (χ1) is 10.5. The van der Waals surface area contributed by atoms with Gasteiger partial charge in [-0.15, -0.1) is 0 Å². The predicted octanol–water partition coefficient (Wildman–Crippen LogP) is 3.94. The molecule has 1 heterocycles. The summed E-state index contributed by atoms with van der Waals surface area (Å²) < 4.78 is 11.9. The van der Waals surface area contributed by atoms with Crippen molar-refractivity contribution in [3.05, 3.63) is 48.0 Å². The molecule has 22 heavy (non-hydrogen) atoms. The number of aliphatic carboxylic acids is 1.